The summed E-state index contributed by atoms with van der Waals surface area (Å²) < 4.78 is 5.81. The topological polar surface area (TPSA) is 15.7 Å². The van der Waals surface area contributed by atoms with Crippen LogP contribution in [-0.2, 0) is 13.0 Å². The van der Waals surface area contributed by atoms with E-state index in [4.69, 9.17) is 4.74 Å². The number of rotatable bonds is 7. The molecule has 1 aliphatic heterocycles. The molecule has 0 bridgehead atoms. The van der Waals surface area contributed by atoms with E-state index in [1.165, 1.54) is 49.6 Å². The first-order valence-corrected chi connectivity index (χ1v) is 9.32. The molecular weight excluding hydrogens is 304 g/mol. The maximum absolute atomic E-state index is 5.81. The molecule has 0 saturated carbocycles. The molecule has 1 aliphatic rings. The van der Waals surface area contributed by atoms with Crippen LogP contribution in [0.3, 0.4) is 0 Å². The van der Waals surface area contributed by atoms with Gasteiger partial charge in [0.15, 0.2) is 0 Å². The van der Waals surface area contributed by atoms with Crippen molar-refractivity contribution < 1.29 is 4.74 Å². The van der Waals surface area contributed by atoms with Gasteiger partial charge in [0.05, 0.1) is 0 Å². The molecule has 1 aromatic carbocycles. The Hall–Kier alpha value is -1.36. The summed E-state index contributed by atoms with van der Waals surface area (Å²) in [6.07, 6.45) is 2.39. The number of benzene rings is 1. The Labute approximate surface area is 143 Å². The lowest BCUT2D eigenvalue weighted by Gasteiger charge is -2.32. The smallest absolute Gasteiger partial charge is 0.122 e. The number of nitrogens with zero attached hydrogens (tertiary/aromatic N) is 2. The van der Waals surface area contributed by atoms with Gasteiger partial charge in [-0.25, -0.2) is 0 Å². The summed E-state index contributed by atoms with van der Waals surface area (Å²) in [5.41, 5.74) is 1.41. The van der Waals surface area contributed by atoms with E-state index in [0.717, 1.165) is 12.2 Å². The number of ether oxygens (including phenoxy) is 1. The monoisotopic (exact) mass is 330 g/mol. The normalized spacial score (nSPS) is 16.6. The molecule has 0 unspecified atom stereocenters. The lowest BCUT2D eigenvalue weighted by Crippen LogP contribution is -2.44. The Morgan fingerprint density at radius 1 is 1.04 bits per heavy atom. The van der Waals surface area contributed by atoms with E-state index >= 15 is 0 Å². The molecule has 0 aliphatic carbocycles. The van der Waals surface area contributed by atoms with Crippen molar-refractivity contribution in [1.29, 1.82) is 0 Å². The van der Waals surface area contributed by atoms with Crippen LogP contribution in [0.15, 0.2) is 41.8 Å². The highest BCUT2D eigenvalue weighted by Crippen LogP contribution is 2.17. The predicted molar refractivity (Wildman–Crippen MR) is 97.4 cm³/mol. The lowest BCUT2D eigenvalue weighted by atomic mass is 10.1. The van der Waals surface area contributed by atoms with Crippen molar-refractivity contribution >= 4 is 11.3 Å². The molecule has 0 radical (unpaired) electrons. The molecular formula is C19H26N2OS. The largest absolute Gasteiger partial charge is 0.488 e. The maximum Gasteiger partial charge on any atom is 0.122 e. The van der Waals surface area contributed by atoms with Crippen LogP contribution < -0.4 is 4.74 Å². The minimum Gasteiger partial charge on any atom is -0.488 e. The van der Waals surface area contributed by atoms with Gasteiger partial charge in [-0.15, -0.1) is 11.3 Å². The fraction of sp³-hybridized carbons (Fsp3) is 0.474. The van der Waals surface area contributed by atoms with Crippen molar-refractivity contribution in [2.24, 2.45) is 0 Å². The fourth-order valence-corrected chi connectivity index (χ4v) is 3.50. The highest BCUT2D eigenvalue weighted by molar-refractivity contribution is 7.09. The summed E-state index contributed by atoms with van der Waals surface area (Å²) in [5.74, 6) is 0.959. The highest BCUT2D eigenvalue weighted by atomic mass is 32.1. The average molecular weight is 330 g/mol. The quantitative estimate of drug-likeness (QED) is 0.773. The zero-order chi connectivity index (χ0) is 15.9. The first kappa shape index (κ1) is 16.5. The first-order chi connectivity index (χ1) is 11.3. The highest BCUT2D eigenvalue weighted by Gasteiger charge is 2.12. The molecule has 3 nitrogen and oxygen atoms in total. The Kier molecular flexibility index (Phi) is 6.08. The Bertz CT molecular complexity index is 560. The van der Waals surface area contributed by atoms with Gasteiger partial charge in [-0.3, -0.25) is 0 Å². The van der Waals surface area contributed by atoms with Gasteiger partial charge in [-0.05, 0) is 55.6 Å². The zero-order valence-electron chi connectivity index (χ0n) is 13.9. The van der Waals surface area contributed by atoms with Gasteiger partial charge in [0.2, 0.25) is 0 Å². The molecule has 124 valence electrons. The van der Waals surface area contributed by atoms with Crippen LogP contribution in [-0.4, -0.2) is 49.6 Å². The standard InChI is InChI=1S/C19H26N2OS/c1-20-11-13-21(14-12-20)10-2-4-17-6-8-18(9-7-17)22-16-19-5-3-15-23-19/h3,5-9,15H,2,4,10-14,16H2,1H3. The maximum atomic E-state index is 5.81. The second kappa shape index (κ2) is 8.48. The zero-order valence-corrected chi connectivity index (χ0v) is 14.7. The number of aryl methyl sites for hydroxylation is 1. The summed E-state index contributed by atoms with van der Waals surface area (Å²) in [6.45, 7) is 6.72. The number of likely N-dealkylation sites (N-methyl/N-ethyl adjacent to an activating group) is 1. The summed E-state index contributed by atoms with van der Waals surface area (Å²) in [7, 11) is 2.21. The van der Waals surface area contributed by atoms with Gasteiger partial charge in [0.25, 0.3) is 0 Å². The van der Waals surface area contributed by atoms with Crippen molar-refractivity contribution in [1.82, 2.24) is 9.80 Å². The number of thiophene rings is 1. The van der Waals surface area contributed by atoms with E-state index < -0.39 is 0 Å². The lowest BCUT2D eigenvalue weighted by molar-refractivity contribution is 0.153. The third-order valence-electron chi connectivity index (χ3n) is 4.42. The molecule has 0 spiro atoms. The molecule has 1 fully saturated rings. The van der Waals surface area contributed by atoms with E-state index in [1.807, 2.05) is 0 Å². The average Bonchev–Trinajstić information content (AvgIpc) is 3.09. The Morgan fingerprint density at radius 2 is 1.83 bits per heavy atom. The van der Waals surface area contributed by atoms with Crippen molar-refractivity contribution in [3.63, 3.8) is 0 Å². The van der Waals surface area contributed by atoms with Crippen molar-refractivity contribution in [2.75, 3.05) is 39.8 Å². The minimum absolute atomic E-state index is 0.667. The van der Waals surface area contributed by atoms with E-state index in [-0.39, 0.29) is 0 Å². The van der Waals surface area contributed by atoms with Crippen molar-refractivity contribution in [3.8, 4) is 5.75 Å². The van der Waals surface area contributed by atoms with Crippen LogP contribution in [0.2, 0.25) is 0 Å². The van der Waals surface area contributed by atoms with Crippen molar-refractivity contribution in [3.05, 3.63) is 52.2 Å². The summed E-state index contributed by atoms with van der Waals surface area (Å²) >= 11 is 1.74. The third kappa shape index (κ3) is 5.34. The van der Waals surface area contributed by atoms with E-state index in [1.54, 1.807) is 11.3 Å². The van der Waals surface area contributed by atoms with Gasteiger partial charge in [0, 0.05) is 31.1 Å². The predicted octanol–water partition coefficient (Wildman–Crippen LogP) is 3.51. The Balaban J connectivity index is 1.37. The molecule has 0 atom stereocenters. The van der Waals surface area contributed by atoms with Gasteiger partial charge in [-0.2, -0.15) is 0 Å². The first-order valence-electron chi connectivity index (χ1n) is 8.44. The van der Waals surface area contributed by atoms with Crippen LogP contribution in [0, 0.1) is 0 Å². The molecule has 3 rings (SSSR count). The molecule has 4 heteroatoms. The van der Waals surface area contributed by atoms with Gasteiger partial charge in [-0.1, -0.05) is 18.2 Å². The molecule has 0 N–H and O–H groups in total. The van der Waals surface area contributed by atoms with Gasteiger partial charge in [0.1, 0.15) is 12.4 Å². The molecule has 23 heavy (non-hydrogen) atoms. The Morgan fingerprint density at radius 3 is 2.52 bits per heavy atom. The number of piperazine rings is 1. The van der Waals surface area contributed by atoms with Crippen LogP contribution in [0.25, 0.3) is 0 Å². The molecule has 0 amide bonds. The second-order valence-corrected chi connectivity index (χ2v) is 7.29. The molecule has 2 aromatic rings. The molecule has 1 aromatic heterocycles. The minimum atomic E-state index is 0.667. The fourth-order valence-electron chi connectivity index (χ4n) is 2.88. The molecule has 1 saturated heterocycles. The molecule has 2 heterocycles. The van der Waals surface area contributed by atoms with Crippen LogP contribution in [0.4, 0.5) is 0 Å². The SMILES string of the molecule is CN1CCN(CCCc2ccc(OCc3cccs3)cc2)CC1. The summed E-state index contributed by atoms with van der Waals surface area (Å²) in [6, 6.07) is 12.8. The van der Waals surface area contributed by atoms with E-state index in [0.29, 0.717) is 6.61 Å². The third-order valence-corrected chi connectivity index (χ3v) is 5.27. The number of hydrogen-bond acceptors (Lipinski definition) is 4. The van der Waals surface area contributed by atoms with Crippen LogP contribution in [0.5, 0.6) is 5.75 Å². The van der Waals surface area contributed by atoms with E-state index in [2.05, 4.69) is 58.6 Å². The van der Waals surface area contributed by atoms with Crippen LogP contribution in [0.1, 0.15) is 16.9 Å². The number of hydrogen-bond donors (Lipinski definition) is 0. The summed E-state index contributed by atoms with van der Waals surface area (Å²) in [4.78, 5) is 6.26. The summed E-state index contributed by atoms with van der Waals surface area (Å²) in [5, 5.41) is 2.09. The van der Waals surface area contributed by atoms with Gasteiger partial charge >= 0.3 is 0 Å². The van der Waals surface area contributed by atoms with E-state index in [9.17, 15) is 0 Å². The second-order valence-electron chi connectivity index (χ2n) is 6.26. The van der Waals surface area contributed by atoms with Gasteiger partial charge < -0.3 is 14.5 Å². The van der Waals surface area contributed by atoms with Crippen LogP contribution >= 0.6 is 11.3 Å². The van der Waals surface area contributed by atoms with Crippen molar-refractivity contribution in [2.45, 2.75) is 19.4 Å².